The van der Waals surface area contributed by atoms with Gasteiger partial charge in [0.05, 0.1) is 38.6 Å². The minimum absolute atomic E-state index is 0.225. The maximum absolute atomic E-state index is 13.5. The zero-order valence-corrected chi connectivity index (χ0v) is 62.1. The van der Waals surface area contributed by atoms with Gasteiger partial charge in [-0.2, -0.15) is 0 Å². The second-order valence-electron chi connectivity index (χ2n) is 27.8. The van der Waals surface area contributed by atoms with Crippen LogP contribution in [0.15, 0.2) is 109 Å². The first-order chi connectivity index (χ1) is 49.3. The van der Waals surface area contributed by atoms with Crippen LogP contribution in [-0.2, 0) is 33.2 Å². The molecule has 17 unspecified atom stereocenters. The number of hydrogen-bond donors (Lipinski definition) is 12. The Morgan fingerprint density at radius 1 is 0.366 bits per heavy atom. The van der Waals surface area contributed by atoms with Crippen LogP contribution in [0.25, 0.3) is 0 Å². The average molecular weight is 1430 g/mol. The summed E-state index contributed by atoms with van der Waals surface area (Å²) < 4.78 is 34.4. The van der Waals surface area contributed by atoms with Gasteiger partial charge >= 0.3 is 0 Å². The quantitative estimate of drug-likeness (QED) is 0.0199. The normalized spacial score (nSPS) is 26.9. The molecular weight excluding hydrogens is 1290 g/mol. The molecular formula is C82H141NO18. The summed E-state index contributed by atoms with van der Waals surface area (Å²) in [7, 11) is 0. The van der Waals surface area contributed by atoms with E-state index in [2.05, 4.69) is 116 Å². The third kappa shape index (κ3) is 41.8. The van der Waals surface area contributed by atoms with Crippen molar-refractivity contribution in [3.05, 3.63) is 109 Å². The molecule has 3 rings (SSSR count). The van der Waals surface area contributed by atoms with Gasteiger partial charge < -0.3 is 89.9 Å². The van der Waals surface area contributed by atoms with Crippen molar-refractivity contribution in [2.45, 2.75) is 375 Å². The summed E-state index contributed by atoms with van der Waals surface area (Å²) in [5, 5.41) is 121. The van der Waals surface area contributed by atoms with Crippen molar-refractivity contribution in [2.75, 3.05) is 26.4 Å². The number of carbonyl (C=O) groups is 1. The summed E-state index contributed by atoms with van der Waals surface area (Å²) in [5.41, 5.74) is 0. The fourth-order valence-electron chi connectivity index (χ4n) is 12.7. The topological polar surface area (TPSA) is 307 Å². The van der Waals surface area contributed by atoms with Crippen LogP contribution >= 0.6 is 0 Å². The van der Waals surface area contributed by atoms with Gasteiger partial charge in [-0.15, -0.1) is 0 Å². The monoisotopic (exact) mass is 1430 g/mol. The molecule has 0 spiro atoms. The average Bonchev–Trinajstić information content (AvgIpc) is 0.783. The van der Waals surface area contributed by atoms with E-state index < -0.39 is 124 Å². The second kappa shape index (κ2) is 61.6. The van der Waals surface area contributed by atoms with Crippen molar-refractivity contribution in [2.24, 2.45) is 0 Å². The highest BCUT2D eigenvalue weighted by molar-refractivity contribution is 5.76. The smallest absolute Gasteiger partial charge is 0.220 e. The molecule has 3 heterocycles. The molecule has 3 saturated heterocycles. The Bertz CT molecular complexity index is 2250. The van der Waals surface area contributed by atoms with Crippen LogP contribution in [0.5, 0.6) is 0 Å². The van der Waals surface area contributed by atoms with Gasteiger partial charge in [-0.25, -0.2) is 0 Å². The van der Waals surface area contributed by atoms with E-state index in [0.717, 1.165) is 96.3 Å². The van der Waals surface area contributed by atoms with Crippen molar-refractivity contribution < 1.29 is 89.4 Å². The number of aliphatic hydroxyl groups is 11. The number of rotatable bonds is 61. The molecule has 12 N–H and O–H groups in total. The van der Waals surface area contributed by atoms with Gasteiger partial charge in [0.15, 0.2) is 18.9 Å². The molecule has 0 aliphatic carbocycles. The van der Waals surface area contributed by atoms with Gasteiger partial charge in [0, 0.05) is 6.42 Å². The molecule has 17 atom stereocenters. The number of carbonyl (C=O) groups excluding carboxylic acids is 1. The zero-order chi connectivity index (χ0) is 73.2. The first-order valence-electron chi connectivity index (χ1n) is 39.6. The zero-order valence-electron chi connectivity index (χ0n) is 62.1. The molecule has 0 bridgehead atoms. The van der Waals surface area contributed by atoms with E-state index in [1.54, 1.807) is 6.08 Å². The van der Waals surface area contributed by atoms with Crippen molar-refractivity contribution in [3.63, 3.8) is 0 Å². The van der Waals surface area contributed by atoms with E-state index in [4.69, 9.17) is 28.4 Å². The van der Waals surface area contributed by atoms with Gasteiger partial charge in [0.1, 0.15) is 73.2 Å². The minimum atomic E-state index is -1.99. The van der Waals surface area contributed by atoms with Crippen LogP contribution in [0.4, 0.5) is 0 Å². The Morgan fingerprint density at radius 2 is 0.693 bits per heavy atom. The molecule has 582 valence electrons. The van der Waals surface area contributed by atoms with E-state index in [9.17, 15) is 61.0 Å². The van der Waals surface area contributed by atoms with Crippen LogP contribution in [0.2, 0.25) is 0 Å². The molecule has 3 aliphatic heterocycles. The predicted molar refractivity (Wildman–Crippen MR) is 401 cm³/mol. The van der Waals surface area contributed by atoms with Crippen LogP contribution in [-0.4, -0.2) is 193 Å². The second-order valence-corrected chi connectivity index (χ2v) is 27.8. The third-order valence-electron chi connectivity index (χ3n) is 19.0. The predicted octanol–water partition coefficient (Wildman–Crippen LogP) is 12.9. The van der Waals surface area contributed by atoms with Crippen molar-refractivity contribution in [1.29, 1.82) is 0 Å². The lowest BCUT2D eigenvalue weighted by Gasteiger charge is -2.48. The Balaban J connectivity index is 1.39. The molecule has 1 amide bonds. The van der Waals surface area contributed by atoms with Gasteiger partial charge in [-0.3, -0.25) is 4.79 Å². The van der Waals surface area contributed by atoms with Crippen LogP contribution in [0, 0.1) is 0 Å². The molecule has 19 heteroatoms. The first kappa shape index (κ1) is 91.7. The Morgan fingerprint density at radius 3 is 1.11 bits per heavy atom. The largest absolute Gasteiger partial charge is 0.394 e. The van der Waals surface area contributed by atoms with Crippen molar-refractivity contribution >= 4 is 5.91 Å². The number of aliphatic hydroxyl groups excluding tert-OH is 11. The molecule has 101 heavy (non-hydrogen) atoms. The van der Waals surface area contributed by atoms with E-state index >= 15 is 0 Å². The van der Waals surface area contributed by atoms with Crippen molar-refractivity contribution in [3.8, 4) is 0 Å². The number of unbranched alkanes of at least 4 members (excludes halogenated alkanes) is 29. The molecule has 0 saturated carbocycles. The van der Waals surface area contributed by atoms with Crippen molar-refractivity contribution in [1.82, 2.24) is 5.32 Å². The highest BCUT2D eigenvalue weighted by atomic mass is 16.8. The van der Waals surface area contributed by atoms with Gasteiger partial charge in [-0.1, -0.05) is 277 Å². The van der Waals surface area contributed by atoms with Crippen LogP contribution < -0.4 is 5.32 Å². The molecule has 0 aromatic carbocycles. The van der Waals surface area contributed by atoms with E-state index in [0.29, 0.717) is 12.8 Å². The summed E-state index contributed by atoms with van der Waals surface area (Å²) >= 11 is 0. The third-order valence-corrected chi connectivity index (χ3v) is 19.0. The van der Waals surface area contributed by atoms with Crippen LogP contribution in [0.3, 0.4) is 0 Å². The summed E-state index contributed by atoms with van der Waals surface area (Å²) in [6, 6.07) is -1.00. The molecule has 3 aliphatic rings. The lowest BCUT2D eigenvalue weighted by Crippen LogP contribution is -2.66. The standard InChI is InChI=1S/C82H141NO18/c1-3-5-7-9-11-13-15-17-19-21-23-25-27-28-29-30-31-32-33-34-35-36-38-40-42-44-46-48-50-52-54-56-58-60-70(88)83-65(66(87)59-57-55-53-51-49-47-45-43-41-39-37-26-24-22-20-18-16-14-12-10-8-6-4-2)64-96-80-76(94)73(91)78(68(62-85)98-80)101-82-77(95)74(92)79(69(63-86)99-82)100-81-75(93)72(90)71(89)67(61-84)97-81/h5,7,11,13,17,19,23,25,28-29,31-32,41,43,49,51,57,59,65-69,71-82,84-87,89-95H,3-4,6,8-10,12,14-16,18,20-22,24,26-27,30,33-40,42,44-48,50,52-56,58,60-64H2,1-2H3,(H,83,88)/b7-5-,13-11-,19-17-,25-23-,29-28-,32-31-,43-41+,51-49+,59-57+. The summed E-state index contributed by atoms with van der Waals surface area (Å²) in [6.07, 6.45) is 57.8. The Kier molecular flexibility index (Phi) is 55.9. The van der Waals surface area contributed by atoms with Gasteiger partial charge in [-0.05, 0) is 96.3 Å². The highest BCUT2D eigenvalue weighted by Crippen LogP contribution is 2.33. The lowest BCUT2D eigenvalue weighted by atomic mass is 9.96. The number of amides is 1. The first-order valence-corrected chi connectivity index (χ1v) is 39.6. The highest BCUT2D eigenvalue weighted by Gasteiger charge is 2.53. The Labute approximate surface area is 608 Å². The summed E-state index contributed by atoms with van der Waals surface area (Å²) in [4.78, 5) is 13.5. The van der Waals surface area contributed by atoms with E-state index in [1.807, 2.05) is 6.08 Å². The molecule has 0 aromatic heterocycles. The van der Waals surface area contributed by atoms with Crippen LogP contribution in [0.1, 0.15) is 271 Å². The molecule has 19 nitrogen and oxygen atoms in total. The summed E-state index contributed by atoms with van der Waals surface area (Å²) in [5.74, 6) is -0.292. The van der Waals surface area contributed by atoms with E-state index in [-0.39, 0.29) is 18.9 Å². The maximum atomic E-state index is 13.5. The van der Waals surface area contributed by atoms with Gasteiger partial charge in [0.2, 0.25) is 5.91 Å². The fourth-order valence-corrected chi connectivity index (χ4v) is 12.7. The molecule has 0 aromatic rings. The summed E-state index contributed by atoms with van der Waals surface area (Å²) in [6.45, 7) is 1.61. The number of hydrogen-bond acceptors (Lipinski definition) is 18. The SMILES string of the molecule is CC/C=C\C/C=C\C/C=C\C/C=C\C/C=C\C/C=C\CCCCCCCCCCCCCCCCC(=O)NC(COC1OC(CO)C(OC2OC(CO)C(OC3OC(CO)C(O)C(O)C3O)C(O)C2O)C(O)C1O)C(O)/C=C/CC/C=C/CC/C=C/CCCCCCCCCCCCCCC. The Hall–Kier alpha value is -3.55. The van der Waals surface area contributed by atoms with Gasteiger partial charge in [0.25, 0.3) is 0 Å². The number of nitrogens with one attached hydrogen (secondary N) is 1. The lowest BCUT2D eigenvalue weighted by molar-refractivity contribution is -0.379. The molecule has 0 radical (unpaired) electrons. The molecule has 3 fully saturated rings. The maximum Gasteiger partial charge on any atom is 0.220 e. The number of ether oxygens (including phenoxy) is 6. The minimum Gasteiger partial charge on any atom is -0.394 e. The number of allylic oxidation sites excluding steroid dienone is 17. The fraction of sp³-hybridized carbons (Fsp3) is 0.768. The van der Waals surface area contributed by atoms with E-state index in [1.165, 1.54) is 141 Å².